The summed E-state index contributed by atoms with van der Waals surface area (Å²) in [5.74, 6) is 0.512. The average Bonchev–Trinajstić information content (AvgIpc) is 3.02. The molecule has 0 radical (unpaired) electrons. The second kappa shape index (κ2) is 7.19. The number of benzene rings is 1. The predicted octanol–water partition coefficient (Wildman–Crippen LogP) is 3.84. The molecule has 24 heavy (non-hydrogen) atoms. The lowest BCUT2D eigenvalue weighted by atomic mass is 10.0. The Morgan fingerprint density at radius 2 is 2.04 bits per heavy atom. The van der Waals surface area contributed by atoms with Crippen LogP contribution in [-0.4, -0.2) is 21.6 Å². The number of hydrogen-bond acceptors (Lipinski definition) is 5. The van der Waals surface area contributed by atoms with Crippen LogP contribution in [0.1, 0.15) is 25.3 Å². The highest BCUT2D eigenvalue weighted by atomic mass is 32.2. The van der Waals surface area contributed by atoms with Crippen molar-refractivity contribution in [1.82, 2.24) is 9.97 Å². The molecule has 0 bridgehead atoms. The van der Waals surface area contributed by atoms with E-state index in [4.69, 9.17) is 0 Å². The predicted molar refractivity (Wildman–Crippen MR) is 100 cm³/mol. The molecule has 0 saturated heterocycles. The van der Waals surface area contributed by atoms with Gasteiger partial charge in [0.2, 0.25) is 5.91 Å². The molecule has 0 aliphatic rings. The summed E-state index contributed by atoms with van der Waals surface area (Å²) in [6, 6.07) is 9.56. The van der Waals surface area contributed by atoms with E-state index < -0.39 is 0 Å². The van der Waals surface area contributed by atoms with Crippen LogP contribution in [0.15, 0.2) is 45.7 Å². The lowest BCUT2D eigenvalue weighted by Crippen LogP contribution is -2.15. The molecule has 1 amide bonds. The number of anilines is 1. The number of hydrogen-bond donors (Lipinski definition) is 2. The summed E-state index contributed by atoms with van der Waals surface area (Å²) in [7, 11) is 0. The third kappa shape index (κ3) is 3.85. The Balaban J connectivity index is 1.61. The van der Waals surface area contributed by atoms with Gasteiger partial charge in [-0.1, -0.05) is 37.7 Å². The van der Waals surface area contributed by atoms with E-state index in [1.807, 2.05) is 29.6 Å². The van der Waals surface area contributed by atoms with Gasteiger partial charge in [0.25, 0.3) is 5.56 Å². The highest BCUT2D eigenvalue weighted by molar-refractivity contribution is 7.99. The van der Waals surface area contributed by atoms with Gasteiger partial charge in [0.05, 0.1) is 11.1 Å². The van der Waals surface area contributed by atoms with Gasteiger partial charge >= 0.3 is 0 Å². The fourth-order valence-electron chi connectivity index (χ4n) is 2.20. The number of aromatic nitrogens is 2. The van der Waals surface area contributed by atoms with Crippen LogP contribution in [0.4, 0.5) is 5.69 Å². The van der Waals surface area contributed by atoms with Crippen molar-refractivity contribution in [2.24, 2.45) is 0 Å². The smallest absolute Gasteiger partial charge is 0.260 e. The summed E-state index contributed by atoms with van der Waals surface area (Å²) >= 11 is 2.63. The first-order valence-corrected chi connectivity index (χ1v) is 9.39. The van der Waals surface area contributed by atoms with Crippen LogP contribution in [0.3, 0.4) is 0 Å². The number of aromatic amines is 1. The number of H-pyrrole nitrogens is 1. The third-order valence-electron chi connectivity index (χ3n) is 3.51. The Morgan fingerprint density at radius 1 is 1.29 bits per heavy atom. The number of carbonyl (C=O) groups is 1. The molecule has 3 aromatic rings. The van der Waals surface area contributed by atoms with E-state index in [1.165, 1.54) is 28.7 Å². The molecule has 7 heteroatoms. The van der Waals surface area contributed by atoms with E-state index in [-0.39, 0.29) is 17.2 Å². The molecule has 2 heterocycles. The van der Waals surface area contributed by atoms with Gasteiger partial charge in [-0.15, -0.1) is 11.3 Å². The Bertz CT molecular complexity index is 913. The van der Waals surface area contributed by atoms with Crippen molar-refractivity contribution >= 4 is 44.9 Å². The summed E-state index contributed by atoms with van der Waals surface area (Å²) < 4.78 is 0. The van der Waals surface area contributed by atoms with Gasteiger partial charge < -0.3 is 10.3 Å². The van der Waals surface area contributed by atoms with Gasteiger partial charge in [0.1, 0.15) is 4.83 Å². The van der Waals surface area contributed by atoms with Crippen LogP contribution in [0.5, 0.6) is 0 Å². The Kier molecular flexibility index (Phi) is 5.01. The molecular formula is C17H17N3O2S2. The highest BCUT2D eigenvalue weighted by Gasteiger charge is 2.09. The number of amides is 1. The Hall–Kier alpha value is -2.12. The maximum Gasteiger partial charge on any atom is 0.260 e. The molecule has 0 unspecified atom stereocenters. The van der Waals surface area contributed by atoms with Crippen LogP contribution in [0.2, 0.25) is 0 Å². The number of nitrogens with zero attached hydrogens (tertiary/aromatic N) is 1. The lowest BCUT2D eigenvalue weighted by molar-refractivity contribution is -0.113. The Morgan fingerprint density at radius 3 is 2.75 bits per heavy atom. The minimum atomic E-state index is -0.173. The summed E-state index contributed by atoms with van der Waals surface area (Å²) in [5.41, 5.74) is 1.82. The van der Waals surface area contributed by atoms with E-state index in [0.717, 1.165) is 5.69 Å². The van der Waals surface area contributed by atoms with Gasteiger partial charge in [-0.2, -0.15) is 0 Å². The minimum absolute atomic E-state index is 0.133. The van der Waals surface area contributed by atoms with Crippen LogP contribution in [0.25, 0.3) is 10.2 Å². The van der Waals surface area contributed by atoms with Gasteiger partial charge in [-0.05, 0) is 35.1 Å². The standard InChI is InChI=1S/C17H17N3O2S2/c1-10(2)11-3-5-12(6-4-11)18-14(21)9-24-17-19-15(22)13-7-8-23-16(13)20-17/h3-8,10H,9H2,1-2H3,(H,18,21)(H,19,20,22). The fourth-order valence-corrected chi connectivity index (χ4v) is 3.68. The second-order valence-electron chi connectivity index (χ2n) is 5.62. The first kappa shape index (κ1) is 16.7. The van der Waals surface area contributed by atoms with Crippen molar-refractivity contribution in [2.45, 2.75) is 24.9 Å². The number of rotatable bonds is 5. The maximum atomic E-state index is 12.1. The molecule has 0 fully saturated rings. The van der Waals surface area contributed by atoms with Crippen molar-refractivity contribution < 1.29 is 4.79 Å². The van der Waals surface area contributed by atoms with Crippen molar-refractivity contribution in [2.75, 3.05) is 11.1 Å². The van der Waals surface area contributed by atoms with E-state index in [1.54, 1.807) is 6.07 Å². The molecule has 3 rings (SSSR count). The average molecular weight is 359 g/mol. The molecule has 124 valence electrons. The maximum absolute atomic E-state index is 12.1. The van der Waals surface area contributed by atoms with Crippen LogP contribution in [-0.2, 0) is 4.79 Å². The SMILES string of the molecule is CC(C)c1ccc(NC(=O)CSc2nc3sccc3c(=O)[nH]2)cc1. The fraction of sp³-hybridized carbons (Fsp3) is 0.235. The zero-order valence-corrected chi connectivity index (χ0v) is 15.0. The van der Waals surface area contributed by atoms with Gasteiger partial charge in [-0.25, -0.2) is 4.98 Å². The van der Waals surface area contributed by atoms with Crippen molar-refractivity contribution in [3.8, 4) is 0 Å². The van der Waals surface area contributed by atoms with E-state index in [2.05, 4.69) is 29.1 Å². The van der Waals surface area contributed by atoms with E-state index >= 15 is 0 Å². The Labute approximate surface area is 147 Å². The summed E-state index contributed by atoms with van der Waals surface area (Å²) in [4.78, 5) is 31.7. The molecule has 0 spiro atoms. The van der Waals surface area contributed by atoms with Crippen LogP contribution < -0.4 is 10.9 Å². The number of carbonyl (C=O) groups excluding carboxylic acids is 1. The molecule has 0 saturated carbocycles. The molecule has 0 aliphatic heterocycles. The summed E-state index contributed by atoms with van der Waals surface area (Å²) in [6.07, 6.45) is 0. The first-order chi connectivity index (χ1) is 11.5. The number of thioether (sulfide) groups is 1. The summed E-state index contributed by atoms with van der Waals surface area (Å²) in [6.45, 7) is 4.25. The highest BCUT2D eigenvalue weighted by Crippen LogP contribution is 2.20. The number of fused-ring (bicyclic) bond motifs is 1. The van der Waals surface area contributed by atoms with Gasteiger partial charge in [0, 0.05) is 5.69 Å². The molecule has 0 aliphatic carbocycles. The van der Waals surface area contributed by atoms with Crippen LogP contribution in [0, 0.1) is 0 Å². The molecule has 0 atom stereocenters. The van der Waals surface area contributed by atoms with Crippen molar-refractivity contribution in [3.05, 3.63) is 51.6 Å². The number of thiophene rings is 1. The van der Waals surface area contributed by atoms with Crippen molar-refractivity contribution in [3.63, 3.8) is 0 Å². The topological polar surface area (TPSA) is 74.8 Å². The van der Waals surface area contributed by atoms with Gasteiger partial charge in [0.15, 0.2) is 5.16 Å². The zero-order valence-electron chi connectivity index (χ0n) is 13.3. The number of nitrogens with one attached hydrogen (secondary N) is 2. The van der Waals surface area contributed by atoms with E-state index in [0.29, 0.717) is 21.3 Å². The summed E-state index contributed by atoms with van der Waals surface area (Å²) in [5, 5.41) is 5.72. The van der Waals surface area contributed by atoms with E-state index in [9.17, 15) is 9.59 Å². The molecular weight excluding hydrogens is 342 g/mol. The molecule has 1 aromatic carbocycles. The van der Waals surface area contributed by atoms with Crippen molar-refractivity contribution in [1.29, 1.82) is 0 Å². The lowest BCUT2D eigenvalue weighted by Gasteiger charge is -2.08. The second-order valence-corrected chi connectivity index (χ2v) is 7.48. The molecule has 2 aromatic heterocycles. The molecule has 2 N–H and O–H groups in total. The normalized spacial score (nSPS) is 11.1. The van der Waals surface area contributed by atoms with Gasteiger partial charge in [-0.3, -0.25) is 9.59 Å². The monoisotopic (exact) mass is 359 g/mol. The minimum Gasteiger partial charge on any atom is -0.325 e. The third-order valence-corrected chi connectivity index (χ3v) is 5.19. The first-order valence-electron chi connectivity index (χ1n) is 7.53. The largest absolute Gasteiger partial charge is 0.325 e. The molecule has 5 nitrogen and oxygen atoms in total. The zero-order chi connectivity index (χ0) is 17.1. The van der Waals surface area contributed by atoms with Crippen LogP contribution >= 0.6 is 23.1 Å². The quantitative estimate of drug-likeness (QED) is 0.536.